The van der Waals surface area contributed by atoms with Crippen LogP contribution in [-0.4, -0.2) is 25.3 Å². The Morgan fingerprint density at radius 3 is 2.61 bits per heavy atom. The Labute approximate surface area is 140 Å². The van der Waals surface area contributed by atoms with Gasteiger partial charge in [0.1, 0.15) is 5.82 Å². The first-order valence-electron chi connectivity index (χ1n) is 7.38. The maximum Gasteiger partial charge on any atom is 0.251 e. The van der Waals surface area contributed by atoms with Gasteiger partial charge < -0.3 is 10.1 Å². The van der Waals surface area contributed by atoms with Gasteiger partial charge in [-0.05, 0) is 29.3 Å². The number of carbonyl (C=O) groups is 1. The average Bonchev–Trinajstić information content (AvgIpc) is 2.57. The van der Waals surface area contributed by atoms with Crippen LogP contribution in [0.4, 0.5) is 4.39 Å². The summed E-state index contributed by atoms with van der Waals surface area (Å²) in [5.41, 5.74) is 2.35. The number of hydrogen-bond donors (Lipinski definition) is 1. The first kappa shape index (κ1) is 17.5. The first-order valence-corrected chi connectivity index (χ1v) is 8.53. The summed E-state index contributed by atoms with van der Waals surface area (Å²) in [4.78, 5) is 12.0. The molecule has 23 heavy (non-hydrogen) atoms. The SMILES string of the molecule is COCc1ccc(C(=O)NCCSCc2ccccc2F)cc1. The van der Waals surface area contributed by atoms with E-state index in [4.69, 9.17) is 4.74 Å². The number of methoxy groups -OCH3 is 1. The van der Waals surface area contributed by atoms with E-state index < -0.39 is 0 Å². The van der Waals surface area contributed by atoms with E-state index in [9.17, 15) is 9.18 Å². The summed E-state index contributed by atoms with van der Waals surface area (Å²) in [5, 5.41) is 2.87. The van der Waals surface area contributed by atoms with Crippen molar-refractivity contribution in [1.82, 2.24) is 5.32 Å². The van der Waals surface area contributed by atoms with Gasteiger partial charge in [-0.15, -0.1) is 0 Å². The van der Waals surface area contributed by atoms with Crippen LogP contribution in [-0.2, 0) is 17.1 Å². The van der Waals surface area contributed by atoms with Gasteiger partial charge in [-0.25, -0.2) is 4.39 Å². The van der Waals surface area contributed by atoms with E-state index in [1.54, 1.807) is 43.1 Å². The first-order chi connectivity index (χ1) is 11.2. The number of carbonyl (C=O) groups excluding carboxylic acids is 1. The molecule has 0 aliphatic heterocycles. The van der Waals surface area contributed by atoms with Crippen molar-refractivity contribution in [2.24, 2.45) is 0 Å². The Kier molecular flexibility index (Phi) is 7.10. The second kappa shape index (κ2) is 9.33. The summed E-state index contributed by atoms with van der Waals surface area (Å²) >= 11 is 1.60. The molecule has 0 aliphatic rings. The van der Waals surface area contributed by atoms with Crippen LogP contribution in [0.15, 0.2) is 48.5 Å². The molecule has 0 aliphatic carbocycles. The number of ether oxygens (including phenoxy) is 1. The van der Waals surface area contributed by atoms with E-state index in [0.29, 0.717) is 30.0 Å². The van der Waals surface area contributed by atoms with E-state index in [1.165, 1.54) is 6.07 Å². The third-order valence-electron chi connectivity index (χ3n) is 3.27. The Morgan fingerprint density at radius 2 is 1.91 bits per heavy atom. The maximum absolute atomic E-state index is 13.4. The fourth-order valence-electron chi connectivity index (χ4n) is 2.06. The normalized spacial score (nSPS) is 10.5. The predicted octanol–water partition coefficient (Wildman–Crippen LogP) is 3.64. The second-order valence-electron chi connectivity index (χ2n) is 5.03. The molecule has 2 rings (SSSR count). The summed E-state index contributed by atoms with van der Waals surface area (Å²) in [5.74, 6) is 1.07. The third-order valence-corrected chi connectivity index (χ3v) is 4.28. The molecule has 3 nitrogen and oxygen atoms in total. The van der Waals surface area contributed by atoms with Crippen LogP contribution in [0.1, 0.15) is 21.5 Å². The molecule has 0 heterocycles. The molecule has 1 N–H and O–H groups in total. The van der Waals surface area contributed by atoms with E-state index in [0.717, 1.165) is 11.3 Å². The smallest absolute Gasteiger partial charge is 0.251 e. The van der Waals surface area contributed by atoms with Crippen LogP contribution in [0.3, 0.4) is 0 Å². The minimum absolute atomic E-state index is 0.0968. The number of nitrogens with one attached hydrogen (secondary N) is 1. The van der Waals surface area contributed by atoms with E-state index in [2.05, 4.69) is 5.32 Å². The predicted molar refractivity (Wildman–Crippen MR) is 92.1 cm³/mol. The van der Waals surface area contributed by atoms with Crippen LogP contribution < -0.4 is 5.32 Å². The molecule has 2 aromatic rings. The zero-order valence-electron chi connectivity index (χ0n) is 13.0. The van der Waals surface area contributed by atoms with Crippen LogP contribution in [0.2, 0.25) is 0 Å². The molecule has 1 amide bonds. The van der Waals surface area contributed by atoms with Gasteiger partial charge in [0.2, 0.25) is 0 Å². The van der Waals surface area contributed by atoms with E-state index in [1.807, 2.05) is 18.2 Å². The molecule has 122 valence electrons. The molecule has 5 heteroatoms. The number of hydrogen-bond acceptors (Lipinski definition) is 3. The minimum atomic E-state index is -0.180. The highest BCUT2D eigenvalue weighted by molar-refractivity contribution is 7.98. The Morgan fingerprint density at radius 1 is 1.17 bits per heavy atom. The molecular weight excluding hydrogens is 313 g/mol. The van der Waals surface area contributed by atoms with Crippen LogP contribution in [0.5, 0.6) is 0 Å². The molecule has 0 atom stereocenters. The summed E-state index contributed by atoms with van der Waals surface area (Å²) in [7, 11) is 1.64. The molecular formula is C18H20FNO2S. The van der Waals surface area contributed by atoms with Gasteiger partial charge in [0.15, 0.2) is 0 Å². The maximum atomic E-state index is 13.4. The van der Waals surface area contributed by atoms with Gasteiger partial charge in [0.25, 0.3) is 5.91 Å². The minimum Gasteiger partial charge on any atom is -0.380 e. The third kappa shape index (κ3) is 5.69. The van der Waals surface area contributed by atoms with Crippen molar-refractivity contribution >= 4 is 17.7 Å². The molecule has 0 saturated heterocycles. The topological polar surface area (TPSA) is 38.3 Å². The number of benzene rings is 2. The highest BCUT2D eigenvalue weighted by Gasteiger charge is 2.05. The van der Waals surface area contributed by atoms with Gasteiger partial charge in [0, 0.05) is 30.7 Å². The molecule has 0 bridgehead atoms. The molecule has 2 aromatic carbocycles. The fourth-order valence-corrected chi connectivity index (χ4v) is 2.90. The molecule has 0 radical (unpaired) electrons. The quantitative estimate of drug-likeness (QED) is 0.750. The van der Waals surface area contributed by atoms with Crippen molar-refractivity contribution in [1.29, 1.82) is 0 Å². The standard InChI is InChI=1S/C18H20FNO2S/c1-22-12-14-6-8-15(9-7-14)18(21)20-10-11-23-13-16-4-2-3-5-17(16)19/h2-9H,10-13H2,1H3,(H,20,21). The van der Waals surface area contributed by atoms with Gasteiger partial charge in [-0.2, -0.15) is 11.8 Å². The van der Waals surface area contributed by atoms with Gasteiger partial charge >= 0.3 is 0 Å². The highest BCUT2D eigenvalue weighted by atomic mass is 32.2. The molecule has 0 aromatic heterocycles. The lowest BCUT2D eigenvalue weighted by molar-refractivity contribution is 0.0956. The van der Waals surface area contributed by atoms with E-state index in [-0.39, 0.29) is 11.7 Å². The number of thioether (sulfide) groups is 1. The molecule has 0 unspecified atom stereocenters. The van der Waals surface area contributed by atoms with Crippen LogP contribution in [0, 0.1) is 5.82 Å². The second-order valence-corrected chi connectivity index (χ2v) is 6.14. The number of amides is 1. The van der Waals surface area contributed by atoms with Crippen LogP contribution in [0.25, 0.3) is 0 Å². The number of rotatable bonds is 8. The fraction of sp³-hybridized carbons (Fsp3) is 0.278. The lowest BCUT2D eigenvalue weighted by atomic mass is 10.1. The summed E-state index contributed by atoms with van der Waals surface area (Å²) < 4.78 is 18.5. The van der Waals surface area contributed by atoms with Crippen molar-refractivity contribution in [3.63, 3.8) is 0 Å². The summed E-state index contributed by atoms with van der Waals surface area (Å²) in [6, 6.07) is 14.1. The highest BCUT2D eigenvalue weighted by Crippen LogP contribution is 2.14. The van der Waals surface area contributed by atoms with Crippen LogP contribution >= 0.6 is 11.8 Å². The molecule has 0 saturated carbocycles. The van der Waals surface area contributed by atoms with Gasteiger partial charge in [0.05, 0.1) is 6.61 Å². The average molecular weight is 333 g/mol. The van der Waals surface area contributed by atoms with Crippen molar-refractivity contribution < 1.29 is 13.9 Å². The lowest BCUT2D eigenvalue weighted by Crippen LogP contribution is -2.25. The van der Waals surface area contributed by atoms with Crippen molar-refractivity contribution in [2.75, 3.05) is 19.4 Å². The Bertz CT molecular complexity index is 631. The zero-order valence-corrected chi connectivity index (χ0v) is 13.9. The molecule has 0 fully saturated rings. The van der Waals surface area contributed by atoms with Gasteiger partial charge in [-0.3, -0.25) is 4.79 Å². The van der Waals surface area contributed by atoms with Crippen molar-refractivity contribution in [3.8, 4) is 0 Å². The lowest BCUT2D eigenvalue weighted by Gasteiger charge is -2.07. The van der Waals surface area contributed by atoms with Crippen molar-refractivity contribution in [3.05, 3.63) is 71.0 Å². The molecule has 0 spiro atoms. The van der Waals surface area contributed by atoms with E-state index >= 15 is 0 Å². The summed E-state index contributed by atoms with van der Waals surface area (Å²) in [6.45, 7) is 1.09. The monoisotopic (exact) mass is 333 g/mol. The largest absolute Gasteiger partial charge is 0.380 e. The zero-order chi connectivity index (χ0) is 16.5. The Hall–Kier alpha value is -1.85. The van der Waals surface area contributed by atoms with Crippen molar-refractivity contribution in [2.45, 2.75) is 12.4 Å². The summed E-state index contributed by atoms with van der Waals surface area (Å²) in [6.07, 6.45) is 0. The Balaban J connectivity index is 1.69. The number of halogens is 1. The van der Waals surface area contributed by atoms with Gasteiger partial charge in [-0.1, -0.05) is 30.3 Å².